The van der Waals surface area contributed by atoms with Gasteiger partial charge in [0.15, 0.2) is 0 Å². The van der Waals surface area contributed by atoms with Gasteiger partial charge < -0.3 is 10.5 Å². The van der Waals surface area contributed by atoms with Crippen LogP contribution < -0.4 is 5.73 Å². The van der Waals surface area contributed by atoms with Crippen molar-refractivity contribution in [3.05, 3.63) is 0 Å². The summed E-state index contributed by atoms with van der Waals surface area (Å²) in [4.78, 5) is 0. The molecule has 1 aliphatic heterocycles. The first-order valence-corrected chi connectivity index (χ1v) is 5.12. The second-order valence-corrected chi connectivity index (χ2v) is 4.55. The Kier molecular flexibility index (Phi) is 2.13. The summed E-state index contributed by atoms with van der Waals surface area (Å²) in [5.41, 5.74) is 5.85. The van der Waals surface area contributed by atoms with Gasteiger partial charge in [0.2, 0.25) is 0 Å². The first-order valence-electron chi connectivity index (χ1n) is 5.12. The van der Waals surface area contributed by atoms with Gasteiger partial charge in [0.05, 0.1) is 11.7 Å². The van der Waals surface area contributed by atoms with Gasteiger partial charge in [-0.1, -0.05) is 6.92 Å². The van der Waals surface area contributed by atoms with Crippen molar-refractivity contribution in [1.29, 1.82) is 0 Å². The highest BCUT2D eigenvalue weighted by Gasteiger charge is 2.43. The number of ether oxygens (including phenoxy) is 1. The monoisotopic (exact) mass is 169 g/mol. The number of rotatable bonds is 1. The van der Waals surface area contributed by atoms with Crippen molar-refractivity contribution in [2.75, 3.05) is 6.54 Å². The van der Waals surface area contributed by atoms with Gasteiger partial charge in [-0.3, -0.25) is 0 Å². The van der Waals surface area contributed by atoms with Gasteiger partial charge in [0, 0.05) is 6.54 Å². The summed E-state index contributed by atoms with van der Waals surface area (Å²) in [6, 6.07) is 0. The lowest BCUT2D eigenvalue weighted by Crippen LogP contribution is -2.28. The van der Waals surface area contributed by atoms with E-state index in [2.05, 4.69) is 6.92 Å². The molecule has 1 aliphatic carbocycles. The molecule has 2 N–H and O–H groups in total. The van der Waals surface area contributed by atoms with Crippen molar-refractivity contribution in [3.63, 3.8) is 0 Å². The molecule has 2 rings (SSSR count). The Bertz CT molecular complexity index is 171. The van der Waals surface area contributed by atoms with Gasteiger partial charge in [-0.25, -0.2) is 0 Å². The minimum Gasteiger partial charge on any atom is -0.370 e. The second kappa shape index (κ2) is 3.00. The molecular weight excluding hydrogens is 150 g/mol. The van der Waals surface area contributed by atoms with E-state index < -0.39 is 0 Å². The number of hydrogen-bond acceptors (Lipinski definition) is 2. The Morgan fingerprint density at radius 3 is 2.67 bits per heavy atom. The van der Waals surface area contributed by atoms with E-state index in [9.17, 15) is 0 Å². The maximum absolute atomic E-state index is 6.00. The van der Waals surface area contributed by atoms with Gasteiger partial charge >= 0.3 is 0 Å². The summed E-state index contributed by atoms with van der Waals surface area (Å²) in [6.07, 6.45) is 6.67. The summed E-state index contributed by atoms with van der Waals surface area (Å²) < 4.78 is 6.00. The smallest absolute Gasteiger partial charge is 0.0705 e. The molecular formula is C10H19NO. The molecule has 0 unspecified atom stereocenters. The summed E-state index contributed by atoms with van der Waals surface area (Å²) in [7, 11) is 0. The van der Waals surface area contributed by atoms with E-state index in [1.54, 1.807) is 0 Å². The molecule has 2 nitrogen and oxygen atoms in total. The van der Waals surface area contributed by atoms with Crippen LogP contribution in [0, 0.1) is 5.92 Å². The highest BCUT2D eigenvalue weighted by atomic mass is 16.5. The zero-order chi connectivity index (χ0) is 8.60. The van der Waals surface area contributed by atoms with E-state index in [1.807, 2.05) is 0 Å². The quantitative estimate of drug-likeness (QED) is 0.648. The van der Waals surface area contributed by atoms with Crippen LogP contribution in [0.25, 0.3) is 0 Å². The predicted octanol–water partition coefficient (Wildman–Crippen LogP) is 1.68. The van der Waals surface area contributed by atoms with Gasteiger partial charge in [0.25, 0.3) is 0 Å². The van der Waals surface area contributed by atoms with Gasteiger partial charge in [-0.15, -0.1) is 0 Å². The third-order valence-corrected chi connectivity index (χ3v) is 3.41. The van der Waals surface area contributed by atoms with E-state index in [4.69, 9.17) is 10.5 Å². The fraction of sp³-hybridized carbons (Fsp3) is 1.00. The van der Waals surface area contributed by atoms with Crippen LogP contribution in [0.3, 0.4) is 0 Å². The topological polar surface area (TPSA) is 35.2 Å². The van der Waals surface area contributed by atoms with Crippen molar-refractivity contribution < 1.29 is 4.74 Å². The first kappa shape index (κ1) is 8.52. The van der Waals surface area contributed by atoms with Crippen molar-refractivity contribution in [2.45, 2.75) is 50.7 Å². The third-order valence-electron chi connectivity index (χ3n) is 3.41. The van der Waals surface area contributed by atoms with Gasteiger partial charge in [0.1, 0.15) is 0 Å². The van der Waals surface area contributed by atoms with Crippen LogP contribution in [-0.2, 0) is 4.74 Å². The lowest BCUT2D eigenvalue weighted by atomic mass is 9.97. The first-order chi connectivity index (χ1) is 5.74. The van der Waals surface area contributed by atoms with E-state index in [0.29, 0.717) is 12.6 Å². The molecule has 2 fully saturated rings. The lowest BCUT2D eigenvalue weighted by molar-refractivity contribution is -0.0343. The Morgan fingerprint density at radius 2 is 2.17 bits per heavy atom. The SMILES string of the molecule is C[C@@H]1CC[C@@]2(CC[C@H](CN)O2)C1. The molecule has 1 saturated carbocycles. The molecule has 3 atom stereocenters. The molecule has 0 aromatic carbocycles. The lowest BCUT2D eigenvalue weighted by Gasteiger charge is -2.23. The molecule has 2 aliphatic rings. The molecule has 12 heavy (non-hydrogen) atoms. The third kappa shape index (κ3) is 1.38. The van der Waals surface area contributed by atoms with Crippen LogP contribution in [0.5, 0.6) is 0 Å². The van der Waals surface area contributed by atoms with Crippen molar-refractivity contribution in [3.8, 4) is 0 Å². The highest BCUT2D eigenvalue weighted by molar-refractivity contribution is 4.95. The molecule has 1 spiro atoms. The summed E-state index contributed by atoms with van der Waals surface area (Å²) in [5.74, 6) is 0.863. The number of hydrogen-bond donors (Lipinski definition) is 1. The van der Waals surface area contributed by atoms with E-state index >= 15 is 0 Å². The normalized spacial score (nSPS) is 47.5. The summed E-state index contributed by atoms with van der Waals surface area (Å²) in [6.45, 7) is 3.03. The van der Waals surface area contributed by atoms with Crippen LogP contribution in [-0.4, -0.2) is 18.2 Å². The fourth-order valence-electron chi connectivity index (χ4n) is 2.74. The molecule has 70 valence electrons. The van der Waals surface area contributed by atoms with Crippen LogP contribution in [0.4, 0.5) is 0 Å². The van der Waals surface area contributed by atoms with Crippen molar-refractivity contribution in [2.24, 2.45) is 11.7 Å². The average Bonchev–Trinajstić information content (AvgIpc) is 2.61. The van der Waals surface area contributed by atoms with E-state index in [0.717, 1.165) is 5.92 Å². The molecule has 0 amide bonds. The predicted molar refractivity (Wildman–Crippen MR) is 48.9 cm³/mol. The maximum Gasteiger partial charge on any atom is 0.0705 e. The van der Waals surface area contributed by atoms with Crippen LogP contribution in [0.15, 0.2) is 0 Å². The molecule has 1 heterocycles. The zero-order valence-electron chi connectivity index (χ0n) is 7.88. The van der Waals surface area contributed by atoms with Crippen LogP contribution >= 0.6 is 0 Å². The highest BCUT2D eigenvalue weighted by Crippen LogP contribution is 2.45. The summed E-state index contributed by atoms with van der Waals surface area (Å²) >= 11 is 0. The van der Waals surface area contributed by atoms with Crippen molar-refractivity contribution in [1.82, 2.24) is 0 Å². The van der Waals surface area contributed by atoms with E-state index in [-0.39, 0.29) is 5.60 Å². The van der Waals surface area contributed by atoms with E-state index in [1.165, 1.54) is 32.1 Å². The second-order valence-electron chi connectivity index (χ2n) is 4.55. The molecule has 0 radical (unpaired) electrons. The van der Waals surface area contributed by atoms with Gasteiger partial charge in [-0.05, 0) is 38.0 Å². The summed E-state index contributed by atoms with van der Waals surface area (Å²) in [5, 5.41) is 0. The average molecular weight is 169 g/mol. The minimum absolute atomic E-state index is 0.253. The van der Waals surface area contributed by atoms with Crippen LogP contribution in [0.2, 0.25) is 0 Å². The Morgan fingerprint density at radius 1 is 1.42 bits per heavy atom. The standard InChI is InChI=1S/C10H19NO/c1-8-2-4-10(6-8)5-3-9(7-11)12-10/h8-9H,2-7,11H2,1H3/t8-,9-,10-/m1/s1. The number of nitrogens with two attached hydrogens (primary N) is 1. The molecule has 1 saturated heterocycles. The van der Waals surface area contributed by atoms with Gasteiger partial charge in [-0.2, -0.15) is 0 Å². The molecule has 0 aromatic heterocycles. The largest absolute Gasteiger partial charge is 0.370 e. The minimum atomic E-state index is 0.253. The van der Waals surface area contributed by atoms with Crippen LogP contribution in [0.1, 0.15) is 39.0 Å². The molecule has 0 bridgehead atoms. The van der Waals surface area contributed by atoms with Crippen molar-refractivity contribution >= 4 is 0 Å². The Hall–Kier alpha value is -0.0800. The Labute approximate surface area is 74.5 Å². The fourth-order valence-corrected chi connectivity index (χ4v) is 2.74. The zero-order valence-corrected chi connectivity index (χ0v) is 7.88. The maximum atomic E-state index is 6.00. The molecule has 0 aromatic rings. The molecule has 2 heteroatoms. The Balaban J connectivity index is 1.97.